The lowest BCUT2D eigenvalue weighted by molar-refractivity contribution is 0.619. The molecule has 0 radical (unpaired) electrons. The van der Waals surface area contributed by atoms with Gasteiger partial charge in [-0.3, -0.25) is 0 Å². The number of thioether (sulfide) groups is 1. The van der Waals surface area contributed by atoms with Crippen LogP contribution in [0.25, 0.3) is 0 Å². The first-order valence-corrected chi connectivity index (χ1v) is 6.87. The van der Waals surface area contributed by atoms with Crippen molar-refractivity contribution in [2.45, 2.75) is 23.6 Å². The number of hydrogen-bond donors (Lipinski definition) is 1. The van der Waals surface area contributed by atoms with Crippen LogP contribution in [-0.2, 0) is 5.75 Å². The summed E-state index contributed by atoms with van der Waals surface area (Å²) in [6.45, 7) is 1.88. The summed E-state index contributed by atoms with van der Waals surface area (Å²) in [6.07, 6.45) is 0. The first kappa shape index (κ1) is 13.1. The quantitative estimate of drug-likeness (QED) is 0.837. The second-order valence-electron chi connectivity index (χ2n) is 4.25. The molecule has 0 bridgehead atoms. The van der Waals surface area contributed by atoms with Crippen molar-refractivity contribution in [1.82, 2.24) is 0 Å². The van der Waals surface area contributed by atoms with Crippen LogP contribution in [0, 0.1) is 5.82 Å². The Morgan fingerprint density at radius 1 is 1.17 bits per heavy atom. The second kappa shape index (κ2) is 6.03. The van der Waals surface area contributed by atoms with Crippen LogP contribution < -0.4 is 5.73 Å². The Hall–Kier alpha value is -1.32. The highest BCUT2D eigenvalue weighted by atomic mass is 32.2. The largest absolute Gasteiger partial charge is 0.324 e. The topological polar surface area (TPSA) is 26.0 Å². The fourth-order valence-electron chi connectivity index (χ4n) is 1.74. The fourth-order valence-corrected chi connectivity index (χ4v) is 2.83. The van der Waals surface area contributed by atoms with Crippen LogP contribution in [0.5, 0.6) is 0 Å². The SMILES string of the molecule is C[C@H](N)c1cc(F)ccc1SCc1ccccc1. The van der Waals surface area contributed by atoms with Crippen LogP contribution in [-0.4, -0.2) is 0 Å². The van der Waals surface area contributed by atoms with Crippen molar-refractivity contribution in [3.05, 3.63) is 65.5 Å². The van der Waals surface area contributed by atoms with Crippen molar-refractivity contribution < 1.29 is 4.39 Å². The molecule has 94 valence electrons. The highest BCUT2D eigenvalue weighted by molar-refractivity contribution is 7.98. The predicted octanol–water partition coefficient (Wildman–Crippen LogP) is 4.14. The van der Waals surface area contributed by atoms with E-state index in [9.17, 15) is 4.39 Å². The van der Waals surface area contributed by atoms with E-state index in [0.717, 1.165) is 16.2 Å². The van der Waals surface area contributed by atoms with Gasteiger partial charge in [-0.1, -0.05) is 30.3 Å². The Morgan fingerprint density at radius 2 is 1.89 bits per heavy atom. The number of hydrogen-bond acceptors (Lipinski definition) is 2. The van der Waals surface area contributed by atoms with Crippen LogP contribution >= 0.6 is 11.8 Å². The van der Waals surface area contributed by atoms with E-state index in [0.29, 0.717) is 0 Å². The van der Waals surface area contributed by atoms with Gasteiger partial charge in [-0.2, -0.15) is 0 Å². The summed E-state index contributed by atoms with van der Waals surface area (Å²) < 4.78 is 13.2. The van der Waals surface area contributed by atoms with Gasteiger partial charge in [0, 0.05) is 16.7 Å². The van der Waals surface area contributed by atoms with Crippen molar-refractivity contribution in [2.24, 2.45) is 5.73 Å². The van der Waals surface area contributed by atoms with E-state index >= 15 is 0 Å². The van der Waals surface area contributed by atoms with E-state index in [4.69, 9.17) is 5.73 Å². The molecule has 1 atom stereocenters. The van der Waals surface area contributed by atoms with Crippen LogP contribution in [0.1, 0.15) is 24.1 Å². The maximum Gasteiger partial charge on any atom is 0.123 e. The third-order valence-electron chi connectivity index (χ3n) is 2.70. The maximum absolute atomic E-state index is 13.2. The van der Waals surface area contributed by atoms with Gasteiger partial charge >= 0.3 is 0 Å². The van der Waals surface area contributed by atoms with E-state index in [1.807, 2.05) is 31.2 Å². The third-order valence-corrected chi connectivity index (χ3v) is 3.86. The van der Waals surface area contributed by atoms with E-state index < -0.39 is 0 Å². The molecule has 0 unspecified atom stereocenters. The van der Waals surface area contributed by atoms with Crippen LogP contribution in [0.15, 0.2) is 53.4 Å². The first-order valence-electron chi connectivity index (χ1n) is 5.88. The summed E-state index contributed by atoms with van der Waals surface area (Å²) in [5, 5.41) is 0. The number of benzene rings is 2. The van der Waals surface area contributed by atoms with Crippen LogP contribution in [0.2, 0.25) is 0 Å². The summed E-state index contributed by atoms with van der Waals surface area (Å²) in [7, 11) is 0. The molecule has 2 aromatic rings. The molecule has 3 heteroatoms. The Morgan fingerprint density at radius 3 is 2.56 bits per heavy atom. The molecule has 0 aliphatic heterocycles. The molecule has 2 N–H and O–H groups in total. The van der Waals surface area contributed by atoms with Crippen molar-refractivity contribution in [3.8, 4) is 0 Å². The third kappa shape index (κ3) is 3.34. The predicted molar refractivity (Wildman–Crippen MR) is 75.0 cm³/mol. The zero-order valence-electron chi connectivity index (χ0n) is 10.3. The van der Waals surface area contributed by atoms with Gasteiger partial charge in [0.15, 0.2) is 0 Å². The van der Waals surface area contributed by atoms with Crippen LogP contribution in [0.4, 0.5) is 4.39 Å². The molecule has 0 aromatic heterocycles. The van der Waals surface area contributed by atoms with Crippen molar-refractivity contribution in [2.75, 3.05) is 0 Å². The molecule has 0 aliphatic carbocycles. The van der Waals surface area contributed by atoms with Crippen LogP contribution in [0.3, 0.4) is 0 Å². The molecule has 0 saturated heterocycles. The molecule has 0 saturated carbocycles. The lowest BCUT2D eigenvalue weighted by Gasteiger charge is -2.12. The van der Waals surface area contributed by atoms with Gasteiger partial charge in [0.2, 0.25) is 0 Å². The Kier molecular flexibility index (Phi) is 4.39. The van der Waals surface area contributed by atoms with E-state index in [2.05, 4.69) is 12.1 Å². The lowest BCUT2D eigenvalue weighted by atomic mass is 10.1. The average molecular weight is 261 g/mol. The molecule has 0 aliphatic rings. The van der Waals surface area contributed by atoms with Crippen molar-refractivity contribution in [1.29, 1.82) is 0 Å². The van der Waals surface area contributed by atoms with Gasteiger partial charge in [-0.05, 0) is 36.2 Å². The van der Waals surface area contributed by atoms with Gasteiger partial charge in [0.1, 0.15) is 5.82 Å². The Labute approximate surface area is 111 Å². The average Bonchev–Trinajstić information content (AvgIpc) is 2.38. The highest BCUT2D eigenvalue weighted by Crippen LogP contribution is 2.29. The number of rotatable bonds is 4. The zero-order valence-corrected chi connectivity index (χ0v) is 11.1. The highest BCUT2D eigenvalue weighted by Gasteiger charge is 2.09. The molecular formula is C15H16FNS. The first-order chi connectivity index (χ1) is 8.66. The number of halogens is 1. The minimum atomic E-state index is -0.230. The molecule has 2 aromatic carbocycles. The maximum atomic E-state index is 13.2. The monoisotopic (exact) mass is 261 g/mol. The summed E-state index contributed by atoms with van der Waals surface area (Å²) in [6, 6.07) is 14.9. The van der Waals surface area contributed by atoms with Gasteiger partial charge in [-0.25, -0.2) is 4.39 Å². The van der Waals surface area contributed by atoms with Gasteiger partial charge in [0.25, 0.3) is 0 Å². The van der Waals surface area contributed by atoms with Gasteiger partial charge in [0.05, 0.1) is 0 Å². The number of nitrogens with two attached hydrogens (primary N) is 1. The summed E-state index contributed by atoms with van der Waals surface area (Å²) in [5.74, 6) is 0.637. The lowest BCUT2D eigenvalue weighted by Crippen LogP contribution is -2.06. The standard InChI is InChI=1S/C15H16FNS/c1-11(17)14-9-13(16)7-8-15(14)18-10-12-5-3-2-4-6-12/h2-9,11H,10,17H2,1H3/t11-/m0/s1. The minimum absolute atomic E-state index is 0.154. The van der Waals surface area contributed by atoms with Crippen molar-refractivity contribution in [3.63, 3.8) is 0 Å². The molecule has 0 heterocycles. The van der Waals surface area contributed by atoms with E-state index in [1.165, 1.54) is 17.7 Å². The van der Waals surface area contributed by atoms with E-state index in [-0.39, 0.29) is 11.9 Å². The molecule has 0 spiro atoms. The smallest absolute Gasteiger partial charge is 0.123 e. The molecular weight excluding hydrogens is 245 g/mol. The summed E-state index contributed by atoms with van der Waals surface area (Å²) in [4.78, 5) is 1.05. The van der Waals surface area contributed by atoms with Gasteiger partial charge in [-0.15, -0.1) is 11.8 Å². The molecule has 0 fully saturated rings. The Balaban J connectivity index is 2.14. The zero-order chi connectivity index (χ0) is 13.0. The molecule has 18 heavy (non-hydrogen) atoms. The molecule has 0 amide bonds. The summed E-state index contributed by atoms with van der Waals surface area (Å²) >= 11 is 1.69. The minimum Gasteiger partial charge on any atom is -0.324 e. The van der Waals surface area contributed by atoms with Gasteiger partial charge < -0.3 is 5.73 Å². The second-order valence-corrected chi connectivity index (χ2v) is 5.26. The normalized spacial score (nSPS) is 12.4. The Bertz CT molecular complexity index is 511. The molecule has 1 nitrogen and oxygen atoms in total. The summed E-state index contributed by atoms with van der Waals surface area (Å²) in [5.41, 5.74) is 8.00. The van der Waals surface area contributed by atoms with Crippen molar-refractivity contribution >= 4 is 11.8 Å². The molecule has 2 rings (SSSR count). The fraction of sp³-hybridized carbons (Fsp3) is 0.200. The van der Waals surface area contributed by atoms with E-state index in [1.54, 1.807) is 11.8 Å².